The van der Waals surface area contributed by atoms with Gasteiger partial charge in [-0.15, -0.1) is 0 Å². The number of aliphatic carboxylic acids is 1. The van der Waals surface area contributed by atoms with Crippen LogP contribution < -0.4 is 4.72 Å². The molecule has 1 rings (SSSR count). The van der Waals surface area contributed by atoms with Gasteiger partial charge in [0.2, 0.25) is 0 Å². The van der Waals surface area contributed by atoms with Gasteiger partial charge in [-0.2, -0.15) is 8.78 Å². The Kier molecular flexibility index (Phi) is 4.42. The van der Waals surface area contributed by atoms with Gasteiger partial charge in [-0.25, -0.2) is 13.1 Å². The zero-order valence-corrected chi connectivity index (χ0v) is 9.97. The third kappa shape index (κ3) is 3.35. The quantitative estimate of drug-likeness (QED) is 0.786. The highest BCUT2D eigenvalue weighted by molar-refractivity contribution is 7.89. The first-order valence-electron chi connectivity index (χ1n) is 5.30. The van der Waals surface area contributed by atoms with Gasteiger partial charge in [0.05, 0.1) is 5.41 Å². The fraction of sp³-hybridized carbons (Fsp3) is 0.889. The molecule has 0 spiro atoms. The summed E-state index contributed by atoms with van der Waals surface area (Å²) in [5.41, 5.74) is -1.24. The van der Waals surface area contributed by atoms with E-state index < -0.39 is 33.7 Å². The molecular weight excluding hydrogens is 256 g/mol. The van der Waals surface area contributed by atoms with Gasteiger partial charge >= 0.3 is 11.7 Å². The molecule has 0 heterocycles. The predicted molar refractivity (Wildman–Crippen MR) is 56.1 cm³/mol. The highest BCUT2D eigenvalue weighted by Crippen LogP contribution is 2.36. The average molecular weight is 271 g/mol. The van der Waals surface area contributed by atoms with Crippen molar-refractivity contribution < 1.29 is 27.1 Å². The second kappa shape index (κ2) is 5.26. The van der Waals surface area contributed by atoms with E-state index in [9.17, 15) is 22.0 Å². The number of hydrogen-bond donors (Lipinski definition) is 2. The molecule has 1 fully saturated rings. The van der Waals surface area contributed by atoms with E-state index in [2.05, 4.69) is 0 Å². The summed E-state index contributed by atoms with van der Waals surface area (Å²) in [5.74, 6) is -4.66. The Labute approximate surface area is 98.3 Å². The van der Waals surface area contributed by atoms with Crippen LogP contribution in [-0.2, 0) is 14.8 Å². The molecule has 0 atom stereocenters. The molecule has 1 saturated carbocycles. The summed E-state index contributed by atoms with van der Waals surface area (Å²) in [6, 6.07) is 0. The van der Waals surface area contributed by atoms with Crippen molar-refractivity contribution in [2.75, 3.05) is 6.54 Å². The Balaban J connectivity index is 2.72. The van der Waals surface area contributed by atoms with Crippen LogP contribution in [0.4, 0.5) is 8.78 Å². The number of halogens is 2. The summed E-state index contributed by atoms with van der Waals surface area (Å²) in [6.45, 7) is -0.463. The summed E-state index contributed by atoms with van der Waals surface area (Å²) in [5, 5.41) is 9.10. The van der Waals surface area contributed by atoms with Crippen molar-refractivity contribution in [1.29, 1.82) is 0 Å². The van der Waals surface area contributed by atoms with Crippen molar-refractivity contribution in [1.82, 2.24) is 4.72 Å². The molecule has 17 heavy (non-hydrogen) atoms. The number of carboxylic acid groups (broad SMARTS) is 1. The number of carbonyl (C=O) groups is 1. The molecule has 1 aliphatic rings. The van der Waals surface area contributed by atoms with Gasteiger partial charge in [0.25, 0.3) is 10.0 Å². The van der Waals surface area contributed by atoms with Crippen LogP contribution in [0.2, 0.25) is 0 Å². The molecule has 0 amide bonds. The molecule has 0 aromatic heterocycles. The van der Waals surface area contributed by atoms with Gasteiger partial charge in [0, 0.05) is 6.54 Å². The molecule has 0 aromatic rings. The van der Waals surface area contributed by atoms with Crippen LogP contribution in [0.5, 0.6) is 0 Å². The Morgan fingerprint density at radius 1 is 1.29 bits per heavy atom. The molecule has 0 saturated heterocycles. The third-order valence-corrected chi connectivity index (χ3v) is 4.13. The van der Waals surface area contributed by atoms with Gasteiger partial charge < -0.3 is 5.11 Å². The largest absolute Gasteiger partial charge is 0.481 e. The molecule has 0 radical (unpaired) electrons. The number of carboxylic acids is 1. The molecule has 0 aliphatic heterocycles. The smallest absolute Gasteiger partial charge is 0.350 e. The fourth-order valence-electron chi connectivity index (χ4n) is 2.00. The van der Waals surface area contributed by atoms with Crippen LogP contribution in [0.15, 0.2) is 0 Å². The Morgan fingerprint density at radius 2 is 1.82 bits per heavy atom. The molecule has 0 bridgehead atoms. The molecule has 0 unspecified atom stereocenters. The summed E-state index contributed by atoms with van der Waals surface area (Å²) >= 11 is 0. The molecule has 100 valence electrons. The van der Waals surface area contributed by atoms with Crippen molar-refractivity contribution in [2.24, 2.45) is 5.41 Å². The van der Waals surface area contributed by atoms with Crippen LogP contribution in [0, 0.1) is 5.41 Å². The predicted octanol–water partition coefficient (Wildman–Crippen LogP) is 1.16. The van der Waals surface area contributed by atoms with E-state index in [1.54, 1.807) is 4.72 Å². The van der Waals surface area contributed by atoms with E-state index in [4.69, 9.17) is 5.11 Å². The van der Waals surface area contributed by atoms with Crippen LogP contribution >= 0.6 is 0 Å². The maximum atomic E-state index is 12.1. The Morgan fingerprint density at radius 3 is 2.24 bits per heavy atom. The van der Waals surface area contributed by atoms with Gasteiger partial charge in [0.15, 0.2) is 0 Å². The standard InChI is InChI=1S/C9H15F2NO4S/c10-8(11)17(15,16)12-6-9(7(13)14)4-2-1-3-5-9/h8,12H,1-6H2,(H,13,14). The van der Waals surface area contributed by atoms with Crippen molar-refractivity contribution >= 4 is 16.0 Å². The lowest BCUT2D eigenvalue weighted by atomic mass is 9.74. The number of alkyl halides is 2. The summed E-state index contributed by atoms with van der Waals surface area (Å²) in [6.07, 6.45) is 2.85. The summed E-state index contributed by atoms with van der Waals surface area (Å²) in [7, 11) is -4.72. The van der Waals surface area contributed by atoms with Crippen molar-refractivity contribution in [3.05, 3.63) is 0 Å². The highest BCUT2D eigenvalue weighted by Gasteiger charge is 2.41. The second-order valence-electron chi connectivity index (χ2n) is 4.27. The van der Waals surface area contributed by atoms with E-state index in [1.807, 2.05) is 0 Å². The van der Waals surface area contributed by atoms with Gasteiger partial charge in [-0.05, 0) is 12.8 Å². The SMILES string of the molecule is O=C(O)C1(CNS(=O)(=O)C(F)F)CCCCC1. The summed E-state index contributed by atoms with van der Waals surface area (Å²) < 4.78 is 47.6. The van der Waals surface area contributed by atoms with Crippen LogP contribution in [0.25, 0.3) is 0 Å². The zero-order valence-electron chi connectivity index (χ0n) is 9.16. The van der Waals surface area contributed by atoms with Crippen LogP contribution in [0.1, 0.15) is 32.1 Å². The van der Waals surface area contributed by atoms with Gasteiger partial charge in [0.1, 0.15) is 0 Å². The van der Waals surface area contributed by atoms with Crippen molar-refractivity contribution in [2.45, 2.75) is 37.9 Å². The molecule has 2 N–H and O–H groups in total. The van der Waals surface area contributed by atoms with E-state index in [0.717, 1.165) is 6.42 Å². The monoisotopic (exact) mass is 271 g/mol. The van der Waals surface area contributed by atoms with Crippen molar-refractivity contribution in [3.63, 3.8) is 0 Å². The molecule has 1 aliphatic carbocycles. The van der Waals surface area contributed by atoms with Crippen LogP contribution in [0.3, 0.4) is 0 Å². The second-order valence-corrected chi connectivity index (χ2v) is 6.01. The van der Waals surface area contributed by atoms with E-state index >= 15 is 0 Å². The number of hydrogen-bond acceptors (Lipinski definition) is 3. The third-order valence-electron chi connectivity index (χ3n) is 3.11. The molecule has 0 aromatic carbocycles. The minimum atomic E-state index is -4.72. The Hall–Kier alpha value is -0.760. The Bertz CT molecular complexity index is 376. The maximum absolute atomic E-state index is 12.1. The van der Waals surface area contributed by atoms with Gasteiger partial charge in [-0.3, -0.25) is 4.79 Å². The van der Waals surface area contributed by atoms with Gasteiger partial charge in [-0.1, -0.05) is 19.3 Å². The average Bonchev–Trinajstić information content (AvgIpc) is 2.27. The minimum Gasteiger partial charge on any atom is -0.481 e. The summed E-state index contributed by atoms with van der Waals surface area (Å²) in [4.78, 5) is 11.1. The topological polar surface area (TPSA) is 83.5 Å². The first-order valence-corrected chi connectivity index (χ1v) is 6.85. The van der Waals surface area contributed by atoms with E-state index in [0.29, 0.717) is 25.7 Å². The molecule has 5 nitrogen and oxygen atoms in total. The fourth-order valence-corrected chi connectivity index (χ4v) is 2.60. The molecular formula is C9H15F2NO4S. The maximum Gasteiger partial charge on any atom is 0.350 e. The number of sulfonamides is 1. The first-order chi connectivity index (χ1) is 7.80. The molecule has 8 heteroatoms. The lowest BCUT2D eigenvalue weighted by Crippen LogP contribution is -2.45. The number of nitrogens with one attached hydrogen (secondary N) is 1. The number of rotatable bonds is 5. The first kappa shape index (κ1) is 14.3. The highest BCUT2D eigenvalue weighted by atomic mass is 32.2. The van der Waals surface area contributed by atoms with Crippen LogP contribution in [-0.4, -0.2) is 31.8 Å². The van der Waals surface area contributed by atoms with E-state index in [1.165, 1.54) is 0 Å². The van der Waals surface area contributed by atoms with Crippen molar-refractivity contribution in [3.8, 4) is 0 Å². The van der Waals surface area contributed by atoms with E-state index in [-0.39, 0.29) is 0 Å². The lowest BCUT2D eigenvalue weighted by Gasteiger charge is -2.32. The lowest BCUT2D eigenvalue weighted by molar-refractivity contribution is -0.150. The zero-order chi connectivity index (χ0) is 13.1. The normalized spacial score (nSPS) is 20.4. The minimum absolute atomic E-state index is 0.314.